The molecule has 0 radical (unpaired) electrons. The van der Waals surface area contributed by atoms with Gasteiger partial charge < -0.3 is 19.9 Å². The van der Waals surface area contributed by atoms with Crippen molar-refractivity contribution in [1.82, 2.24) is 25.2 Å². The molecule has 0 saturated carbocycles. The second kappa shape index (κ2) is 8.95. The van der Waals surface area contributed by atoms with E-state index in [4.69, 9.17) is 4.74 Å². The first kappa shape index (κ1) is 19.3. The van der Waals surface area contributed by atoms with Gasteiger partial charge in [-0.3, -0.25) is 14.6 Å². The highest BCUT2D eigenvalue weighted by atomic mass is 16.5. The highest BCUT2D eigenvalue weighted by Gasteiger charge is 2.24. The quantitative estimate of drug-likeness (QED) is 0.796. The number of anilines is 1. The van der Waals surface area contributed by atoms with Crippen molar-refractivity contribution in [3.63, 3.8) is 0 Å². The minimum atomic E-state index is -0.291. The first-order chi connectivity index (χ1) is 14.2. The van der Waals surface area contributed by atoms with Crippen molar-refractivity contribution in [2.45, 2.75) is 18.9 Å². The lowest BCUT2D eigenvalue weighted by molar-refractivity contribution is 0.0746. The second-order valence-corrected chi connectivity index (χ2v) is 7.10. The van der Waals surface area contributed by atoms with E-state index in [1.807, 2.05) is 0 Å². The zero-order valence-electron chi connectivity index (χ0n) is 16.2. The van der Waals surface area contributed by atoms with Gasteiger partial charge in [0.2, 0.25) is 5.95 Å². The van der Waals surface area contributed by atoms with E-state index in [9.17, 15) is 9.59 Å². The maximum Gasteiger partial charge on any atom is 0.269 e. The van der Waals surface area contributed by atoms with E-state index in [0.29, 0.717) is 44.2 Å². The van der Waals surface area contributed by atoms with Gasteiger partial charge in [0.25, 0.3) is 11.8 Å². The summed E-state index contributed by atoms with van der Waals surface area (Å²) in [5.74, 6) is 0.282. The third-order valence-electron chi connectivity index (χ3n) is 5.16. The van der Waals surface area contributed by atoms with Gasteiger partial charge in [0.1, 0.15) is 5.69 Å². The Hall–Kier alpha value is -3.07. The maximum atomic E-state index is 12.9. The van der Waals surface area contributed by atoms with Crippen molar-refractivity contribution in [2.75, 3.05) is 44.2 Å². The molecular formula is C20H24N6O3. The van der Waals surface area contributed by atoms with Gasteiger partial charge in [0.05, 0.1) is 6.10 Å². The highest BCUT2D eigenvalue weighted by molar-refractivity contribution is 5.98. The Morgan fingerprint density at radius 2 is 1.90 bits per heavy atom. The van der Waals surface area contributed by atoms with Crippen molar-refractivity contribution in [2.24, 2.45) is 0 Å². The summed E-state index contributed by atoms with van der Waals surface area (Å²) in [5.41, 5.74) is 0.705. The SMILES string of the molecule is O=C(NCC1CCCO1)c1cc(C(=O)N2CCN(c3ncccn3)CC2)ccn1. The molecule has 9 nitrogen and oxygen atoms in total. The number of rotatable bonds is 5. The molecule has 0 aliphatic carbocycles. The number of nitrogens with zero attached hydrogens (tertiary/aromatic N) is 5. The molecule has 0 aromatic carbocycles. The molecule has 9 heteroatoms. The van der Waals surface area contributed by atoms with Crippen LogP contribution in [0.2, 0.25) is 0 Å². The van der Waals surface area contributed by atoms with E-state index in [1.54, 1.807) is 35.5 Å². The van der Waals surface area contributed by atoms with Gasteiger partial charge >= 0.3 is 0 Å². The lowest BCUT2D eigenvalue weighted by Crippen LogP contribution is -2.49. The molecule has 4 rings (SSSR count). The first-order valence-electron chi connectivity index (χ1n) is 9.88. The van der Waals surface area contributed by atoms with Gasteiger partial charge in [0.15, 0.2) is 0 Å². The standard InChI is InChI=1S/C20H24N6O3/c27-18(24-14-16-3-1-12-29-16)17-13-15(4-7-21-17)19(28)25-8-10-26(11-9-25)20-22-5-2-6-23-20/h2,4-7,13,16H,1,3,8-12,14H2,(H,24,27). The van der Waals surface area contributed by atoms with Crippen molar-refractivity contribution < 1.29 is 14.3 Å². The van der Waals surface area contributed by atoms with Gasteiger partial charge in [-0.25, -0.2) is 9.97 Å². The fraction of sp³-hybridized carbons (Fsp3) is 0.450. The number of pyridine rings is 1. The molecule has 1 atom stereocenters. The minimum Gasteiger partial charge on any atom is -0.376 e. The van der Waals surface area contributed by atoms with Gasteiger partial charge in [-0.15, -0.1) is 0 Å². The summed E-state index contributed by atoms with van der Waals surface area (Å²) in [6.45, 7) is 3.67. The lowest BCUT2D eigenvalue weighted by Gasteiger charge is -2.34. The molecule has 2 aliphatic heterocycles. The molecule has 2 fully saturated rings. The third-order valence-corrected chi connectivity index (χ3v) is 5.16. The van der Waals surface area contributed by atoms with Gasteiger partial charge in [-0.1, -0.05) is 0 Å². The van der Waals surface area contributed by atoms with E-state index in [1.165, 1.54) is 6.20 Å². The molecule has 2 aromatic rings. The fourth-order valence-corrected chi connectivity index (χ4v) is 3.54. The fourth-order valence-electron chi connectivity index (χ4n) is 3.54. The van der Waals surface area contributed by atoms with Crippen LogP contribution in [0.3, 0.4) is 0 Å². The summed E-state index contributed by atoms with van der Waals surface area (Å²) >= 11 is 0. The zero-order chi connectivity index (χ0) is 20.1. The predicted molar refractivity (Wildman–Crippen MR) is 106 cm³/mol. The Bertz CT molecular complexity index is 848. The van der Waals surface area contributed by atoms with Gasteiger partial charge in [-0.05, 0) is 31.0 Å². The van der Waals surface area contributed by atoms with Crippen LogP contribution in [-0.4, -0.2) is 77.1 Å². The average Bonchev–Trinajstić information content (AvgIpc) is 3.31. The molecule has 2 saturated heterocycles. The number of amides is 2. The van der Waals surface area contributed by atoms with E-state index < -0.39 is 0 Å². The summed E-state index contributed by atoms with van der Waals surface area (Å²) in [4.78, 5) is 41.7. The Morgan fingerprint density at radius 3 is 2.62 bits per heavy atom. The Kier molecular flexibility index (Phi) is 5.95. The number of nitrogens with one attached hydrogen (secondary N) is 1. The Morgan fingerprint density at radius 1 is 1.10 bits per heavy atom. The molecular weight excluding hydrogens is 372 g/mol. The maximum absolute atomic E-state index is 12.9. The van der Waals surface area contributed by atoms with Crippen LogP contribution in [-0.2, 0) is 4.74 Å². The molecule has 0 bridgehead atoms. The number of piperazine rings is 1. The number of carbonyl (C=O) groups is 2. The van der Waals surface area contributed by atoms with Crippen LogP contribution in [0.1, 0.15) is 33.7 Å². The van der Waals surface area contributed by atoms with Crippen molar-refractivity contribution in [3.05, 3.63) is 48.0 Å². The molecule has 2 aromatic heterocycles. The van der Waals surface area contributed by atoms with E-state index >= 15 is 0 Å². The molecule has 1 N–H and O–H groups in total. The van der Waals surface area contributed by atoms with Crippen LogP contribution >= 0.6 is 0 Å². The van der Waals surface area contributed by atoms with Crippen LogP contribution in [0, 0.1) is 0 Å². The zero-order valence-corrected chi connectivity index (χ0v) is 16.2. The highest BCUT2D eigenvalue weighted by Crippen LogP contribution is 2.14. The van der Waals surface area contributed by atoms with Crippen LogP contribution in [0.25, 0.3) is 0 Å². The van der Waals surface area contributed by atoms with Crippen LogP contribution < -0.4 is 10.2 Å². The third kappa shape index (κ3) is 4.68. The van der Waals surface area contributed by atoms with Crippen LogP contribution in [0.5, 0.6) is 0 Å². The normalized spacial score (nSPS) is 19.2. The lowest BCUT2D eigenvalue weighted by atomic mass is 10.1. The molecule has 1 unspecified atom stereocenters. The number of carbonyl (C=O) groups excluding carboxylic acids is 2. The number of aromatic nitrogens is 3. The average molecular weight is 396 g/mol. The predicted octanol–water partition coefficient (Wildman–Crippen LogP) is 0.743. The number of ether oxygens (including phenoxy) is 1. The van der Waals surface area contributed by atoms with E-state index in [2.05, 4.69) is 25.2 Å². The van der Waals surface area contributed by atoms with E-state index in [0.717, 1.165) is 19.4 Å². The molecule has 4 heterocycles. The molecule has 29 heavy (non-hydrogen) atoms. The summed E-state index contributed by atoms with van der Waals surface area (Å²) in [6, 6.07) is 4.98. The Balaban J connectivity index is 1.34. The monoisotopic (exact) mass is 396 g/mol. The molecule has 2 aliphatic rings. The summed E-state index contributed by atoms with van der Waals surface area (Å²) in [5, 5.41) is 2.84. The van der Waals surface area contributed by atoms with Gasteiger partial charge in [-0.2, -0.15) is 0 Å². The van der Waals surface area contributed by atoms with Crippen molar-refractivity contribution in [3.8, 4) is 0 Å². The molecule has 2 amide bonds. The van der Waals surface area contributed by atoms with Gasteiger partial charge in [0, 0.05) is 63.5 Å². The Labute approximate surface area is 169 Å². The smallest absolute Gasteiger partial charge is 0.269 e. The van der Waals surface area contributed by atoms with Crippen LogP contribution in [0.4, 0.5) is 5.95 Å². The second-order valence-electron chi connectivity index (χ2n) is 7.10. The van der Waals surface area contributed by atoms with E-state index in [-0.39, 0.29) is 23.6 Å². The largest absolute Gasteiger partial charge is 0.376 e. The van der Waals surface area contributed by atoms with Crippen LogP contribution in [0.15, 0.2) is 36.8 Å². The number of hydrogen-bond donors (Lipinski definition) is 1. The van der Waals surface area contributed by atoms with Crippen molar-refractivity contribution in [1.29, 1.82) is 0 Å². The molecule has 152 valence electrons. The number of hydrogen-bond acceptors (Lipinski definition) is 7. The summed E-state index contributed by atoms with van der Waals surface area (Å²) in [7, 11) is 0. The van der Waals surface area contributed by atoms with Crippen molar-refractivity contribution >= 4 is 17.8 Å². The molecule has 0 spiro atoms. The minimum absolute atomic E-state index is 0.0636. The summed E-state index contributed by atoms with van der Waals surface area (Å²) in [6.07, 6.45) is 6.96. The summed E-state index contributed by atoms with van der Waals surface area (Å²) < 4.78 is 5.51. The topological polar surface area (TPSA) is 101 Å². The first-order valence-corrected chi connectivity index (χ1v) is 9.88.